The van der Waals surface area contributed by atoms with Gasteiger partial charge in [-0.05, 0) is 73.4 Å². The first-order valence-corrected chi connectivity index (χ1v) is 9.18. The predicted octanol–water partition coefficient (Wildman–Crippen LogP) is 4.09. The summed E-state index contributed by atoms with van der Waals surface area (Å²) in [5, 5.41) is 0. The molecule has 2 aromatic rings. The lowest BCUT2D eigenvalue weighted by atomic mass is 9.82. The van der Waals surface area contributed by atoms with E-state index in [9.17, 15) is 0 Å². The van der Waals surface area contributed by atoms with Crippen LogP contribution in [0.3, 0.4) is 0 Å². The Balaban J connectivity index is 2.00. The first kappa shape index (κ1) is 17.2. The van der Waals surface area contributed by atoms with Gasteiger partial charge in [0.25, 0.3) is 0 Å². The van der Waals surface area contributed by atoms with Crippen molar-refractivity contribution in [3.05, 3.63) is 69.8 Å². The smallest absolute Gasteiger partial charge is 0.0236 e. The second kappa shape index (κ2) is 7.50. The van der Waals surface area contributed by atoms with Crippen molar-refractivity contribution in [2.45, 2.75) is 39.8 Å². The summed E-state index contributed by atoms with van der Waals surface area (Å²) < 4.78 is 0. The highest BCUT2D eigenvalue weighted by Crippen LogP contribution is 2.31. The molecule has 3 rings (SSSR count). The maximum absolute atomic E-state index is 2.52. The predicted molar refractivity (Wildman–Crippen MR) is 103 cm³/mol. The van der Waals surface area contributed by atoms with Gasteiger partial charge in [-0.2, -0.15) is 0 Å². The van der Waals surface area contributed by atoms with Crippen molar-refractivity contribution in [1.29, 1.82) is 0 Å². The number of hydrogen-bond donors (Lipinski definition) is 0. The molecule has 0 spiro atoms. The molecule has 1 aliphatic carbocycles. The Morgan fingerprint density at radius 2 is 1.50 bits per heavy atom. The van der Waals surface area contributed by atoms with Crippen LogP contribution in [0.1, 0.15) is 47.2 Å². The maximum atomic E-state index is 2.52. The molecular formula is C22H30N2. The summed E-state index contributed by atoms with van der Waals surface area (Å²) in [6.45, 7) is 8.82. The van der Waals surface area contributed by atoms with Gasteiger partial charge in [-0.25, -0.2) is 0 Å². The van der Waals surface area contributed by atoms with E-state index < -0.39 is 0 Å². The molecule has 0 amide bonds. The molecule has 0 aliphatic heterocycles. The van der Waals surface area contributed by atoms with Gasteiger partial charge >= 0.3 is 0 Å². The maximum Gasteiger partial charge on any atom is 0.0236 e. The van der Waals surface area contributed by atoms with Gasteiger partial charge < -0.3 is 4.90 Å². The van der Waals surface area contributed by atoms with E-state index >= 15 is 0 Å². The Bertz CT molecular complexity index is 699. The highest BCUT2D eigenvalue weighted by Gasteiger charge is 2.19. The molecule has 128 valence electrons. The molecule has 2 heteroatoms. The van der Waals surface area contributed by atoms with E-state index in [-0.39, 0.29) is 0 Å². The third-order valence-corrected chi connectivity index (χ3v) is 5.15. The lowest BCUT2D eigenvalue weighted by Gasteiger charge is -2.27. The number of rotatable bonds is 6. The van der Waals surface area contributed by atoms with Crippen LogP contribution in [-0.2, 0) is 25.9 Å². The molecule has 0 N–H and O–H groups in total. The van der Waals surface area contributed by atoms with Crippen LogP contribution in [-0.4, -0.2) is 37.0 Å². The fraction of sp³-hybridized carbons (Fsp3) is 0.455. The molecule has 0 fully saturated rings. The fourth-order valence-electron chi connectivity index (χ4n) is 3.84. The topological polar surface area (TPSA) is 6.48 Å². The van der Waals surface area contributed by atoms with E-state index in [0.29, 0.717) is 0 Å². The summed E-state index contributed by atoms with van der Waals surface area (Å²) in [7, 11) is 4.30. The molecule has 2 nitrogen and oxygen atoms in total. The summed E-state index contributed by atoms with van der Waals surface area (Å²) in [6.07, 6.45) is 2.17. The molecule has 0 atom stereocenters. The van der Waals surface area contributed by atoms with Crippen molar-refractivity contribution < 1.29 is 0 Å². The average Bonchev–Trinajstić information content (AvgIpc) is 2.57. The number of benzene rings is 2. The van der Waals surface area contributed by atoms with Gasteiger partial charge in [0.15, 0.2) is 0 Å². The van der Waals surface area contributed by atoms with Crippen LogP contribution in [0.2, 0.25) is 0 Å². The van der Waals surface area contributed by atoms with E-state index in [4.69, 9.17) is 0 Å². The minimum atomic E-state index is 1.01. The molecule has 0 radical (unpaired) electrons. The van der Waals surface area contributed by atoms with Crippen molar-refractivity contribution in [1.82, 2.24) is 9.80 Å². The molecular weight excluding hydrogens is 292 g/mol. The Hall–Kier alpha value is -1.64. The van der Waals surface area contributed by atoms with Gasteiger partial charge in [0, 0.05) is 13.1 Å². The van der Waals surface area contributed by atoms with E-state index in [1.54, 1.807) is 5.56 Å². The molecule has 1 aliphatic rings. The van der Waals surface area contributed by atoms with Crippen LogP contribution in [0, 0.1) is 0 Å². The Labute approximate surface area is 147 Å². The minimum Gasteiger partial charge on any atom is -0.305 e. The average molecular weight is 322 g/mol. The van der Waals surface area contributed by atoms with Crippen molar-refractivity contribution in [3.63, 3.8) is 0 Å². The van der Waals surface area contributed by atoms with Crippen molar-refractivity contribution in [2.24, 2.45) is 0 Å². The summed E-state index contributed by atoms with van der Waals surface area (Å²) in [6, 6.07) is 13.8. The van der Waals surface area contributed by atoms with Gasteiger partial charge in [-0.1, -0.05) is 50.2 Å². The molecule has 24 heavy (non-hydrogen) atoms. The number of fused-ring (bicyclic) bond motifs is 2. The zero-order valence-corrected chi connectivity index (χ0v) is 15.6. The first-order valence-electron chi connectivity index (χ1n) is 9.18. The first-order chi connectivity index (χ1) is 11.6. The Morgan fingerprint density at radius 1 is 0.833 bits per heavy atom. The van der Waals surface area contributed by atoms with Crippen LogP contribution in [0.5, 0.6) is 0 Å². The quantitative estimate of drug-likeness (QED) is 0.674. The highest BCUT2D eigenvalue weighted by molar-refractivity contribution is 5.50. The van der Waals surface area contributed by atoms with E-state index in [2.05, 4.69) is 74.1 Å². The SMILES string of the molecule is CCN(CC)Cc1cc(CN(C)C)cc2c1Cc1ccccc1C2. The summed E-state index contributed by atoms with van der Waals surface area (Å²) in [5.41, 5.74) is 9.09. The second-order valence-electron chi connectivity index (χ2n) is 7.21. The zero-order valence-electron chi connectivity index (χ0n) is 15.6. The molecule has 0 saturated carbocycles. The normalized spacial score (nSPS) is 13.2. The van der Waals surface area contributed by atoms with Crippen molar-refractivity contribution in [3.8, 4) is 0 Å². The van der Waals surface area contributed by atoms with E-state index in [1.165, 1.54) is 27.8 Å². The van der Waals surface area contributed by atoms with Gasteiger partial charge in [-0.3, -0.25) is 4.90 Å². The molecule has 0 heterocycles. The lowest BCUT2D eigenvalue weighted by molar-refractivity contribution is 0.294. The van der Waals surface area contributed by atoms with Crippen LogP contribution < -0.4 is 0 Å². The van der Waals surface area contributed by atoms with Gasteiger partial charge in [0.2, 0.25) is 0 Å². The number of nitrogens with zero attached hydrogens (tertiary/aromatic N) is 2. The lowest BCUT2D eigenvalue weighted by Crippen LogP contribution is -2.24. The van der Waals surface area contributed by atoms with Gasteiger partial charge in [0.05, 0.1) is 0 Å². The van der Waals surface area contributed by atoms with Gasteiger partial charge in [0.1, 0.15) is 0 Å². The molecule has 2 aromatic carbocycles. The monoisotopic (exact) mass is 322 g/mol. The molecule has 0 bridgehead atoms. The van der Waals surface area contributed by atoms with Crippen LogP contribution in [0.4, 0.5) is 0 Å². The fourth-order valence-corrected chi connectivity index (χ4v) is 3.84. The van der Waals surface area contributed by atoms with Crippen LogP contribution in [0.25, 0.3) is 0 Å². The highest BCUT2D eigenvalue weighted by atomic mass is 15.1. The van der Waals surface area contributed by atoms with Gasteiger partial charge in [-0.15, -0.1) is 0 Å². The van der Waals surface area contributed by atoms with Crippen LogP contribution in [0.15, 0.2) is 36.4 Å². The Morgan fingerprint density at radius 3 is 2.12 bits per heavy atom. The summed E-state index contributed by atoms with van der Waals surface area (Å²) in [5.74, 6) is 0. The summed E-state index contributed by atoms with van der Waals surface area (Å²) in [4.78, 5) is 4.79. The minimum absolute atomic E-state index is 1.01. The zero-order chi connectivity index (χ0) is 17.1. The van der Waals surface area contributed by atoms with E-state index in [1.807, 2.05) is 0 Å². The standard InChI is InChI=1S/C22H30N2/c1-5-24(6-2)16-21-12-17(15-23(3)4)11-20-13-18-9-7-8-10-19(18)14-22(20)21/h7-12H,5-6,13-16H2,1-4H3. The summed E-state index contributed by atoms with van der Waals surface area (Å²) >= 11 is 0. The second-order valence-corrected chi connectivity index (χ2v) is 7.21. The van der Waals surface area contributed by atoms with E-state index in [0.717, 1.165) is 39.0 Å². The molecule has 0 aromatic heterocycles. The third-order valence-electron chi connectivity index (χ3n) is 5.15. The third kappa shape index (κ3) is 3.71. The largest absolute Gasteiger partial charge is 0.305 e. The molecule has 0 unspecified atom stereocenters. The van der Waals surface area contributed by atoms with Crippen molar-refractivity contribution in [2.75, 3.05) is 27.2 Å². The number of hydrogen-bond acceptors (Lipinski definition) is 2. The van der Waals surface area contributed by atoms with Crippen LogP contribution >= 0.6 is 0 Å². The molecule has 0 saturated heterocycles. The van der Waals surface area contributed by atoms with Crippen molar-refractivity contribution >= 4 is 0 Å². The Kier molecular flexibility index (Phi) is 5.37.